The molecule has 1 unspecified atom stereocenters. The summed E-state index contributed by atoms with van der Waals surface area (Å²) in [5.41, 5.74) is 3.66. The lowest BCUT2D eigenvalue weighted by Crippen LogP contribution is -2.34. The van der Waals surface area contributed by atoms with Crippen molar-refractivity contribution in [1.29, 1.82) is 0 Å². The average molecular weight is 399 g/mol. The van der Waals surface area contributed by atoms with Crippen LogP contribution in [0.25, 0.3) is 0 Å². The molecule has 0 aliphatic rings. The summed E-state index contributed by atoms with van der Waals surface area (Å²) in [5, 5.41) is 6.59. The fourth-order valence-corrected chi connectivity index (χ4v) is 2.35. The van der Waals surface area contributed by atoms with Gasteiger partial charge in [0.25, 0.3) is 5.91 Å². The minimum atomic E-state index is -0.927. The molecule has 0 saturated carbocycles. The quantitative estimate of drug-likeness (QED) is 0.384. The highest BCUT2D eigenvalue weighted by atomic mass is 16.5. The van der Waals surface area contributed by atoms with E-state index in [2.05, 4.69) is 15.8 Å². The van der Waals surface area contributed by atoms with Crippen LogP contribution in [-0.4, -0.2) is 38.9 Å². The number of carbonyl (C=O) groups is 2. The summed E-state index contributed by atoms with van der Waals surface area (Å²) in [6.45, 7) is 3.87. The summed E-state index contributed by atoms with van der Waals surface area (Å²) in [5.74, 6) is -0.0237. The number of hydrogen-bond acceptors (Lipinski definition) is 6. The van der Waals surface area contributed by atoms with Gasteiger partial charge in [-0.15, -0.1) is 0 Å². The van der Waals surface area contributed by atoms with Crippen molar-refractivity contribution >= 4 is 23.7 Å². The van der Waals surface area contributed by atoms with Gasteiger partial charge in [-0.3, -0.25) is 9.59 Å². The number of carbonyl (C=O) groups excluding carboxylic acids is 2. The second kappa shape index (κ2) is 10.7. The number of methoxy groups -OCH3 is 2. The Hall–Kier alpha value is -3.55. The number of amides is 2. The first-order valence-electron chi connectivity index (χ1n) is 9.07. The molecule has 0 heterocycles. The third kappa shape index (κ3) is 6.24. The van der Waals surface area contributed by atoms with Gasteiger partial charge in [0.15, 0.2) is 11.5 Å². The van der Waals surface area contributed by atoms with Crippen molar-refractivity contribution in [2.75, 3.05) is 26.1 Å². The van der Waals surface area contributed by atoms with Crippen LogP contribution in [0.2, 0.25) is 0 Å². The molecule has 2 amide bonds. The molecule has 29 heavy (non-hydrogen) atoms. The van der Waals surface area contributed by atoms with Crippen LogP contribution in [0.1, 0.15) is 19.4 Å². The molecule has 0 spiro atoms. The van der Waals surface area contributed by atoms with Crippen molar-refractivity contribution < 1.29 is 23.8 Å². The second-order valence-corrected chi connectivity index (χ2v) is 6.02. The number of benzene rings is 2. The third-order valence-electron chi connectivity index (χ3n) is 4.02. The number of nitrogens with zero attached hydrogens (tertiary/aromatic N) is 1. The smallest absolute Gasteiger partial charge is 0.252 e. The van der Waals surface area contributed by atoms with Gasteiger partial charge in [0.2, 0.25) is 5.91 Å². The molecule has 0 bridgehead atoms. The molecule has 2 aromatic rings. The van der Waals surface area contributed by atoms with E-state index in [9.17, 15) is 9.59 Å². The van der Waals surface area contributed by atoms with Crippen LogP contribution in [0, 0.1) is 5.92 Å². The molecule has 154 valence electrons. The van der Waals surface area contributed by atoms with Crippen molar-refractivity contribution in [3.8, 4) is 17.2 Å². The zero-order chi connectivity index (χ0) is 21.2. The number of hydrazone groups is 1. The molecule has 0 radical (unpaired) electrons. The Labute approximate surface area is 169 Å². The number of hydrogen-bond donors (Lipinski definition) is 2. The third-order valence-corrected chi connectivity index (χ3v) is 4.02. The Morgan fingerprint density at radius 2 is 1.76 bits per heavy atom. The van der Waals surface area contributed by atoms with Crippen LogP contribution in [0.5, 0.6) is 17.2 Å². The van der Waals surface area contributed by atoms with Gasteiger partial charge in [-0.05, 0) is 61.9 Å². The molecular weight excluding hydrogens is 374 g/mol. The summed E-state index contributed by atoms with van der Waals surface area (Å²) in [4.78, 5) is 24.4. The van der Waals surface area contributed by atoms with E-state index in [-0.39, 0.29) is 0 Å². The van der Waals surface area contributed by atoms with E-state index in [4.69, 9.17) is 14.2 Å². The lowest BCUT2D eigenvalue weighted by atomic mass is 10.1. The van der Waals surface area contributed by atoms with E-state index in [1.54, 1.807) is 56.7 Å². The van der Waals surface area contributed by atoms with Gasteiger partial charge in [0.05, 0.1) is 27.0 Å². The minimum Gasteiger partial charge on any atom is -0.497 e. The molecule has 2 N–H and O–H groups in total. The molecule has 2 aromatic carbocycles. The van der Waals surface area contributed by atoms with E-state index in [0.717, 1.165) is 0 Å². The number of nitrogens with one attached hydrogen (secondary N) is 2. The summed E-state index contributed by atoms with van der Waals surface area (Å²) in [6, 6.07) is 12.1. The molecule has 8 heteroatoms. The summed E-state index contributed by atoms with van der Waals surface area (Å²) in [6.07, 6.45) is 1.47. The van der Waals surface area contributed by atoms with Gasteiger partial charge >= 0.3 is 0 Å². The van der Waals surface area contributed by atoms with Crippen molar-refractivity contribution in [3.05, 3.63) is 48.0 Å². The van der Waals surface area contributed by atoms with Gasteiger partial charge in [-0.25, -0.2) is 5.43 Å². The summed E-state index contributed by atoms with van der Waals surface area (Å²) >= 11 is 0. The van der Waals surface area contributed by atoms with Gasteiger partial charge in [0.1, 0.15) is 11.7 Å². The number of ether oxygens (including phenoxy) is 3. The normalized spacial score (nSPS) is 11.6. The van der Waals surface area contributed by atoms with Crippen molar-refractivity contribution in [3.63, 3.8) is 0 Å². The molecular formula is C21H25N3O5. The lowest BCUT2D eigenvalue weighted by Gasteiger charge is -2.11. The van der Waals surface area contributed by atoms with Gasteiger partial charge in [-0.1, -0.05) is 0 Å². The first-order valence-corrected chi connectivity index (χ1v) is 9.07. The fraction of sp³-hybridized carbons (Fsp3) is 0.286. The molecule has 1 atom stereocenters. The zero-order valence-electron chi connectivity index (χ0n) is 16.9. The topological polar surface area (TPSA) is 98.2 Å². The largest absolute Gasteiger partial charge is 0.497 e. The van der Waals surface area contributed by atoms with E-state index < -0.39 is 17.7 Å². The maximum absolute atomic E-state index is 12.2. The summed E-state index contributed by atoms with van der Waals surface area (Å²) in [7, 11) is 3.12. The Bertz CT molecular complexity index is 865. The molecule has 0 fully saturated rings. The highest BCUT2D eigenvalue weighted by molar-refractivity contribution is 6.06. The van der Waals surface area contributed by atoms with Crippen LogP contribution in [0.15, 0.2) is 47.6 Å². The van der Waals surface area contributed by atoms with E-state index in [0.29, 0.717) is 35.1 Å². The van der Waals surface area contributed by atoms with Gasteiger partial charge in [0, 0.05) is 5.69 Å². The van der Waals surface area contributed by atoms with Crippen molar-refractivity contribution in [2.45, 2.75) is 13.8 Å². The minimum absolute atomic E-state index is 0.439. The van der Waals surface area contributed by atoms with Crippen molar-refractivity contribution in [2.24, 2.45) is 11.0 Å². The fourth-order valence-electron chi connectivity index (χ4n) is 2.35. The molecule has 0 aliphatic carbocycles. The Morgan fingerprint density at radius 3 is 2.38 bits per heavy atom. The van der Waals surface area contributed by atoms with Crippen molar-refractivity contribution in [1.82, 2.24) is 5.43 Å². The van der Waals surface area contributed by atoms with Crippen LogP contribution >= 0.6 is 0 Å². The van der Waals surface area contributed by atoms with E-state index in [1.807, 2.05) is 6.92 Å². The molecule has 2 rings (SSSR count). The predicted octanol–water partition coefficient (Wildman–Crippen LogP) is 2.83. The molecule has 8 nitrogen and oxygen atoms in total. The highest BCUT2D eigenvalue weighted by Gasteiger charge is 2.21. The zero-order valence-corrected chi connectivity index (χ0v) is 16.9. The van der Waals surface area contributed by atoms with Gasteiger partial charge in [-0.2, -0.15) is 5.10 Å². The first-order chi connectivity index (χ1) is 14.0. The van der Waals surface area contributed by atoms with Gasteiger partial charge < -0.3 is 19.5 Å². The standard InChI is InChI=1S/C21H25N3O5/c1-5-29-19-12-15(6-11-18(19)28-4)13-22-24-21(26)14(2)20(25)23-16-7-9-17(27-3)10-8-16/h6-14H,5H2,1-4H3,(H,23,25)(H,24,26). The van der Waals surface area contributed by atoms with E-state index in [1.165, 1.54) is 13.1 Å². The van der Waals surface area contributed by atoms with Crippen LogP contribution in [0.3, 0.4) is 0 Å². The summed E-state index contributed by atoms with van der Waals surface area (Å²) < 4.78 is 15.8. The monoisotopic (exact) mass is 399 g/mol. The highest BCUT2D eigenvalue weighted by Crippen LogP contribution is 2.27. The van der Waals surface area contributed by atoms with Crippen LogP contribution in [-0.2, 0) is 9.59 Å². The first kappa shape index (κ1) is 21.7. The maximum atomic E-state index is 12.2. The lowest BCUT2D eigenvalue weighted by molar-refractivity contribution is -0.131. The average Bonchev–Trinajstić information content (AvgIpc) is 2.74. The molecule has 0 saturated heterocycles. The molecule has 0 aliphatic heterocycles. The number of rotatable bonds is 9. The van der Waals surface area contributed by atoms with E-state index >= 15 is 0 Å². The molecule has 0 aromatic heterocycles. The number of anilines is 1. The Morgan fingerprint density at radius 1 is 1.03 bits per heavy atom. The Kier molecular flexibility index (Phi) is 8.02. The van der Waals surface area contributed by atoms with Crippen LogP contribution < -0.4 is 25.0 Å². The maximum Gasteiger partial charge on any atom is 0.252 e. The Balaban J connectivity index is 1.93. The SMILES string of the molecule is CCOc1cc(C=NNC(=O)C(C)C(=O)Nc2ccc(OC)cc2)ccc1OC. The predicted molar refractivity (Wildman–Crippen MR) is 111 cm³/mol. The second-order valence-electron chi connectivity index (χ2n) is 6.02. The van der Waals surface area contributed by atoms with Crippen LogP contribution in [0.4, 0.5) is 5.69 Å².